The standard InChI is InChI=1S/C10H12ClNO4/c1-4-2-5(6(11)3-7(4)12)8(13)9(14)10(15)16/h2-3,8-9,13-14H,12H2,1H3,(H,15,16). The molecule has 88 valence electrons. The van der Waals surface area contributed by atoms with Gasteiger partial charge in [0, 0.05) is 16.3 Å². The van der Waals surface area contributed by atoms with Gasteiger partial charge in [0.25, 0.3) is 0 Å². The summed E-state index contributed by atoms with van der Waals surface area (Å²) in [4.78, 5) is 10.5. The van der Waals surface area contributed by atoms with Crippen LogP contribution in [0.2, 0.25) is 5.02 Å². The van der Waals surface area contributed by atoms with Gasteiger partial charge in [0.05, 0.1) is 0 Å². The summed E-state index contributed by atoms with van der Waals surface area (Å²) in [5, 5.41) is 27.5. The van der Waals surface area contributed by atoms with Crippen LogP contribution in [0, 0.1) is 6.92 Å². The van der Waals surface area contributed by atoms with Crippen molar-refractivity contribution in [2.75, 3.05) is 5.73 Å². The Morgan fingerprint density at radius 2 is 2.00 bits per heavy atom. The molecule has 16 heavy (non-hydrogen) atoms. The number of aliphatic hydroxyl groups excluding tert-OH is 2. The molecule has 0 amide bonds. The van der Waals surface area contributed by atoms with E-state index in [4.69, 9.17) is 22.4 Å². The fourth-order valence-electron chi connectivity index (χ4n) is 1.25. The SMILES string of the molecule is Cc1cc(C(O)C(O)C(=O)O)c(Cl)cc1N. The predicted octanol–water partition coefficient (Wildman–Crippen LogP) is 0.710. The highest BCUT2D eigenvalue weighted by Gasteiger charge is 2.27. The average Bonchev–Trinajstić information content (AvgIpc) is 2.21. The molecule has 5 N–H and O–H groups in total. The second kappa shape index (κ2) is 4.69. The molecule has 1 aromatic rings. The summed E-state index contributed by atoms with van der Waals surface area (Å²) < 4.78 is 0. The van der Waals surface area contributed by atoms with Crippen LogP contribution < -0.4 is 5.73 Å². The number of aliphatic carboxylic acids is 1. The Morgan fingerprint density at radius 3 is 2.50 bits per heavy atom. The van der Waals surface area contributed by atoms with Crippen LogP contribution in [0.4, 0.5) is 5.69 Å². The molecule has 1 aromatic carbocycles. The molecule has 0 aliphatic carbocycles. The van der Waals surface area contributed by atoms with Crippen LogP contribution in [0.5, 0.6) is 0 Å². The summed E-state index contributed by atoms with van der Waals surface area (Å²) in [6, 6.07) is 2.86. The molecule has 0 bridgehead atoms. The summed E-state index contributed by atoms with van der Waals surface area (Å²) in [6.45, 7) is 1.69. The van der Waals surface area contributed by atoms with Gasteiger partial charge in [-0.15, -0.1) is 0 Å². The number of hydrogen-bond acceptors (Lipinski definition) is 4. The molecule has 0 fully saturated rings. The van der Waals surface area contributed by atoms with Crippen molar-refractivity contribution in [3.05, 3.63) is 28.3 Å². The van der Waals surface area contributed by atoms with Crippen molar-refractivity contribution in [1.29, 1.82) is 0 Å². The van der Waals surface area contributed by atoms with Gasteiger partial charge in [-0.05, 0) is 24.6 Å². The maximum Gasteiger partial charge on any atom is 0.335 e. The molecule has 0 saturated carbocycles. The summed E-state index contributed by atoms with van der Waals surface area (Å²) in [5.74, 6) is -1.52. The maximum atomic E-state index is 10.5. The molecule has 0 aromatic heterocycles. The number of aliphatic hydroxyl groups is 2. The first-order chi connectivity index (χ1) is 7.34. The van der Waals surface area contributed by atoms with Crippen LogP contribution in [-0.4, -0.2) is 27.4 Å². The number of halogens is 1. The minimum atomic E-state index is -1.92. The van der Waals surface area contributed by atoms with Gasteiger partial charge in [0.15, 0.2) is 6.10 Å². The van der Waals surface area contributed by atoms with Crippen molar-refractivity contribution in [2.24, 2.45) is 0 Å². The lowest BCUT2D eigenvalue weighted by Crippen LogP contribution is -2.27. The number of nitrogens with two attached hydrogens (primary N) is 1. The lowest BCUT2D eigenvalue weighted by molar-refractivity contribution is -0.153. The van der Waals surface area contributed by atoms with Crippen LogP contribution >= 0.6 is 11.6 Å². The van der Waals surface area contributed by atoms with E-state index in [0.717, 1.165) is 0 Å². The first-order valence-corrected chi connectivity index (χ1v) is 4.87. The molecular weight excluding hydrogens is 234 g/mol. The van der Waals surface area contributed by atoms with Crippen LogP contribution in [0.25, 0.3) is 0 Å². The minimum absolute atomic E-state index is 0.121. The quantitative estimate of drug-likeness (QED) is 0.587. The summed E-state index contributed by atoms with van der Waals surface area (Å²) in [6.07, 6.45) is -3.50. The summed E-state index contributed by atoms with van der Waals surface area (Å²) in [7, 11) is 0. The molecule has 0 spiro atoms. The van der Waals surface area contributed by atoms with E-state index in [0.29, 0.717) is 11.3 Å². The fraction of sp³-hybridized carbons (Fsp3) is 0.300. The van der Waals surface area contributed by atoms with Gasteiger partial charge < -0.3 is 21.1 Å². The number of benzene rings is 1. The van der Waals surface area contributed by atoms with Crippen molar-refractivity contribution in [2.45, 2.75) is 19.1 Å². The normalized spacial score (nSPS) is 14.5. The van der Waals surface area contributed by atoms with Crippen molar-refractivity contribution >= 4 is 23.3 Å². The Labute approximate surface area is 97.1 Å². The highest BCUT2D eigenvalue weighted by molar-refractivity contribution is 6.31. The van der Waals surface area contributed by atoms with Crippen LogP contribution in [-0.2, 0) is 4.79 Å². The minimum Gasteiger partial charge on any atom is -0.479 e. The molecule has 0 aliphatic heterocycles. The molecule has 1 rings (SSSR count). The van der Waals surface area contributed by atoms with Crippen molar-refractivity contribution < 1.29 is 20.1 Å². The number of carbonyl (C=O) groups is 1. The third-order valence-electron chi connectivity index (χ3n) is 2.26. The highest BCUT2D eigenvalue weighted by atomic mass is 35.5. The lowest BCUT2D eigenvalue weighted by atomic mass is 10.0. The molecule has 0 saturated heterocycles. The number of nitrogen functional groups attached to an aromatic ring is 1. The van der Waals surface area contributed by atoms with Crippen molar-refractivity contribution in [3.8, 4) is 0 Å². The van der Waals surface area contributed by atoms with E-state index < -0.39 is 18.2 Å². The Hall–Kier alpha value is -1.30. The number of anilines is 1. The Bertz CT molecular complexity index is 422. The van der Waals surface area contributed by atoms with Gasteiger partial charge >= 0.3 is 5.97 Å². The van der Waals surface area contributed by atoms with Crippen molar-refractivity contribution in [1.82, 2.24) is 0 Å². The zero-order valence-corrected chi connectivity index (χ0v) is 9.27. The lowest BCUT2D eigenvalue weighted by Gasteiger charge is -2.17. The van der Waals surface area contributed by atoms with E-state index in [1.807, 2.05) is 0 Å². The van der Waals surface area contributed by atoms with Gasteiger partial charge in [-0.25, -0.2) is 4.79 Å². The van der Waals surface area contributed by atoms with Crippen molar-refractivity contribution in [3.63, 3.8) is 0 Å². The molecule has 0 aliphatic rings. The van der Waals surface area contributed by atoms with E-state index in [-0.39, 0.29) is 10.6 Å². The maximum absolute atomic E-state index is 10.5. The number of hydrogen-bond donors (Lipinski definition) is 4. The molecule has 6 heteroatoms. The Morgan fingerprint density at radius 1 is 1.44 bits per heavy atom. The third kappa shape index (κ3) is 2.44. The van der Waals surface area contributed by atoms with Crippen LogP contribution in [0.1, 0.15) is 17.2 Å². The molecule has 5 nitrogen and oxygen atoms in total. The van der Waals surface area contributed by atoms with Gasteiger partial charge in [-0.3, -0.25) is 0 Å². The van der Waals surface area contributed by atoms with Gasteiger partial charge in [-0.2, -0.15) is 0 Å². The molecule has 2 atom stereocenters. The van der Waals surface area contributed by atoms with E-state index in [9.17, 15) is 15.0 Å². The number of carboxylic acid groups (broad SMARTS) is 1. The first-order valence-electron chi connectivity index (χ1n) is 4.49. The monoisotopic (exact) mass is 245 g/mol. The fourth-order valence-corrected chi connectivity index (χ4v) is 1.53. The van der Waals surface area contributed by atoms with E-state index in [1.54, 1.807) is 6.92 Å². The molecular formula is C10H12ClNO4. The van der Waals surface area contributed by atoms with Crippen LogP contribution in [0.15, 0.2) is 12.1 Å². The van der Waals surface area contributed by atoms with Gasteiger partial charge in [-0.1, -0.05) is 11.6 Å². The smallest absolute Gasteiger partial charge is 0.335 e. The number of rotatable bonds is 3. The second-order valence-corrected chi connectivity index (χ2v) is 3.87. The topological polar surface area (TPSA) is 104 Å². The Balaban J connectivity index is 3.13. The first kappa shape index (κ1) is 12.8. The van der Waals surface area contributed by atoms with Crippen LogP contribution in [0.3, 0.4) is 0 Å². The predicted molar refractivity (Wildman–Crippen MR) is 59.2 cm³/mol. The van der Waals surface area contributed by atoms with E-state index >= 15 is 0 Å². The largest absolute Gasteiger partial charge is 0.479 e. The summed E-state index contributed by atoms with van der Waals surface area (Å²) in [5.41, 5.74) is 6.81. The second-order valence-electron chi connectivity index (χ2n) is 3.46. The Kier molecular flexibility index (Phi) is 3.74. The van der Waals surface area contributed by atoms with Gasteiger partial charge in [0.2, 0.25) is 0 Å². The van der Waals surface area contributed by atoms with Gasteiger partial charge in [0.1, 0.15) is 6.10 Å². The molecule has 0 radical (unpaired) electrons. The number of carboxylic acids is 1. The summed E-state index contributed by atoms with van der Waals surface area (Å²) >= 11 is 5.80. The number of aryl methyl sites for hydroxylation is 1. The zero-order valence-electron chi connectivity index (χ0n) is 8.51. The highest BCUT2D eigenvalue weighted by Crippen LogP contribution is 2.29. The van der Waals surface area contributed by atoms with E-state index in [1.165, 1.54) is 12.1 Å². The average molecular weight is 246 g/mol. The molecule has 0 heterocycles. The van der Waals surface area contributed by atoms with E-state index in [2.05, 4.69) is 0 Å². The zero-order chi connectivity index (χ0) is 12.5. The third-order valence-corrected chi connectivity index (χ3v) is 2.58. The molecule has 2 unspecified atom stereocenters.